The van der Waals surface area contributed by atoms with Crippen LogP contribution in [0.25, 0.3) is 11.3 Å². The van der Waals surface area contributed by atoms with Crippen molar-refractivity contribution in [3.63, 3.8) is 0 Å². The van der Waals surface area contributed by atoms with Gasteiger partial charge in [-0.15, -0.1) is 5.10 Å². The molecule has 0 saturated carbocycles. The number of nitrogens with two attached hydrogens (primary N) is 1. The van der Waals surface area contributed by atoms with Crippen LogP contribution in [0.5, 0.6) is 0 Å². The third-order valence-corrected chi connectivity index (χ3v) is 5.68. The Morgan fingerprint density at radius 1 is 1.13 bits per heavy atom. The van der Waals surface area contributed by atoms with Crippen LogP contribution in [-0.4, -0.2) is 41.5 Å². The van der Waals surface area contributed by atoms with Crippen LogP contribution in [0.2, 0.25) is 0 Å². The van der Waals surface area contributed by atoms with E-state index in [0.717, 1.165) is 6.42 Å². The Morgan fingerprint density at radius 3 is 2.10 bits per heavy atom. The molecule has 1 heterocycles. The maximum absolute atomic E-state index is 12.9. The van der Waals surface area contributed by atoms with Gasteiger partial charge in [0, 0.05) is 11.6 Å². The van der Waals surface area contributed by atoms with E-state index in [9.17, 15) is 13.2 Å². The lowest BCUT2D eigenvalue weighted by Gasteiger charge is -2.26. The van der Waals surface area contributed by atoms with Crippen molar-refractivity contribution in [1.29, 1.82) is 0 Å². The van der Waals surface area contributed by atoms with Crippen LogP contribution in [0.4, 0.5) is 0 Å². The number of amides is 1. The maximum atomic E-state index is 12.9. The zero-order chi connectivity index (χ0) is 23.8. The van der Waals surface area contributed by atoms with E-state index in [1.807, 2.05) is 20.8 Å². The first-order valence-corrected chi connectivity index (χ1v) is 11.4. The predicted molar refractivity (Wildman–Crippen MR) is 113 cm³/mol. The number of rotatable bonds is 8. The van der Waals surface area contributed by atoms with E-state index in [2.05, 4.69) is 29.5 Å². The molecule has 10 nitrogen and oxygen atoms in total. The zero-order valence-corrected chi connectivity index (χ0v) is 19.1. The van der Waals surface area contributed by atoms with Gasteiger partial charge in [-0.1, -0.05) is 52.0 Å². The molecule has 2 aromatic rings. The van der Waals surface area contributed by atoms with Crippen LogP contribution in [0.15, 0.2) is 35.4 Å². The number of nitrogens with one attached hydrogen (secondary N) is 1. The highest BCUT2D eigenvalue weighted by Gasteiger charge is 2.28. The lowest BCUT2D eigenvalue weighted by molar-refractivity contribution is -0.191. The van der Waals surface area contributed by atoms with Crippen LogP contribution in [-0.2, 0) is 24.4 Å². The second-order valence-electron chi connectivity index (χ2n) is 7.69. The summed E-state index contributed by atoms with van der Waals surface area (Å²) in [6, 6.07) is 5.69. The topological polar surface area (TPSA) is 154 Å². The van der Waals surface area contributed by atoms with Crippen molar-refractivity contribution in [3.05, 3.63) is 30.5 Å². The van der Waals surface area contributed by atoms with Crippen LogP contribution < -0.4 is 10.5 Å². The van der Waals surface area contributed by atoms with Crippen LogP contribution in [0.1, 0.15) is 47.1 Å². The summed E-state index contributed by atoms with van der Waals surface area (Å²) in [5, 5.41) is 16.5. The summed E-state index contributed by atoms with van der Waals surface area (Å²) in [4.78, 5) is 29.2. The van der Waals surface area contributed by atoms with E-state index >= 15 is 0 Å². The molecule has 0 aliphatic carbocycles. The second kappa shape index (κ2) is 11.5. The Labute approximate surface area is 182 Å². The van der Waals surface area contributed by atoms with Gasteiger partial charge >= 0.3 is 6.15 Å². The van der Waals surface area contributed by atoms with Gasteiger partial charge in [0.2, 0.25) is 15.9 Å². The summed E-state index contributed by atoms with van der Waals surface area (Å²) in [6.45, 7) is 10.1. The molecule has 2 rings (SSSR count). The van der Waals surface area contributed by atoms with E-state index < -0.39 is 16.1 Å². The molecular weight excluding hydrogens is 422 g/mol. The Bertz CT molecular complexity index is 993. The highest BCUT2D eigenvalue weighted by molar-refractivity contribution is 7.89. The smallest absolute Gasteiger partial charge is 0.351 e. The van der Waals surface area contributed by atoms with Crippen molar-refractivity contribution in [2.75, 3.05) is 0 Å². The number of carbonyl (C=O) groups excluding carboxylic acids is 3. The van der Waals surface area contributed by atoms with Gasteiger partial charge in [0.1, 0.15) is 11.7 Å². The molecule has 0 unspecified atom stereocenters. The normalized spacial score (nSPS) is 13.2. The van der Waals surface area contributed by atoms with Crippen LogP contribution in [0, 0.1) is 11.8 Å². The van der Waals surface area contributed by atoms with Gasteiger partial charge in [0.15, 0.2) is 0 Å². The third-order valence-electron chi connectivity index (χ3n) is 4.75. The van der Waals surface area contributed by atoms with Gasteiger partial charge in [-0.25, -0.2) is 18.2 Å². The molecule has 0 aliphatic heterocycles. The van der Waals surface area contributed by atoms with Crippen molar-refractivity contribution in [3.8, 4) is 11.3 Å². The maximum Gasteiger partial charge on any atom is 0.373 e. The minimum Gasteiger partial charge on any atom is -0.351 e. The number of primary sulfonamides is 1. The van der Waals surface area contributed by atoms with Gasteiger partial charge in [0.25, 0.3) is 0 Å². The van der Waals surface area contributed by atoms with E-state index in [4.69, 9.17) is 14.7 Å². The number of nitrogens with zero attached hydrogens (tertiary/aromatic N) is 3. The van der Waals surface area contributed by atoms with Gasteiger partial charge in [-0.2, -0.15) is 9.59 Å². The highest BCUT2D eigenvalue weighted by Crippen LogP contribution is 2.23. The Kier molecular flexibility index (Phi) is 9.70. The van der Waals surface area contributed by atoms with E-state index in [1.54, 1.807) is 23.0 Å². The molecule has 0 spiro atoms. The number of carbonyl (C=O) groups is 1. The highest BCUT2D eigenvalue weighted by atomic mass is 32.2. The number of hydrogen-bond donors (Lipinski definition) is 2. The summed E-state index contributed by atoms with van der Waals surface area (Å²) in [7, 11) is -3.75. The van der Waals surface area contributed by atoms with E-state index in [1.165, 1.54) is 12.1 Å². The molecule has 0 fully saturated rings. The standard InChI is InChI=1S/C19H29N5O3S.CO2/c1-6-16(12(2)3)21-19(25)18(13(4)5)24-11-17(22-23-24)14-7-9-15(10-8-14)28(20,26)27;2-1-3/h7-13,16,18H,6H2,1-5H3,(H,21,25)(H2,20,26,27);/t16-,18+;/m1./s1. The number of benzene rings is 1. The fourth-order valence-corrected chi connectivity index (χ4v) is 3.61. The van der Waals surface area contributed by atoms with Gasteiger partial charge < -0.3 is 5.32 Å². The van der Waals surface area contributed by atoms with Crippen LogP contribution in [0.3, 0.4) is 0 Å². The molecule has 0 bridgehead atoms. The molecule has 1 aromatic heterocycles. The first kappa shape index (κ1) is 26.2. The summed E-state index contributed by atoms with van der Waals surface area (Å²) in [5.41, 5.74) is 1.24. The number of sulfonamides is 1. The SMILES string of the molecule is CC[C@@H](NC(=O)[C@H](C(C)C)n1cc(-c2ccc(S(N)(=O)=O)cc2)nn1)C(C)C.O=C=O. The minimum absolute atomic E-state index is 0.0176. The van der Waals surface area contributed by atoms with Gasteiger partial charge in [-0.3, -0.25) is 4.79 Å². The molecule has 0 saturated heterocycles. The first-order chi connectivity index (χ1) is 14.5. The average Bonchev–Trinajstić information content (AvgIpc) is 3.15. The quantitative estimate of drug-likeness (QED) is 0.619. The molecule has 0 radical (unpaired) electrons. The molecule has 170 valence electrons. The van der Waals surface area contributed by atoms with Crippen LogP contribution >= 0.6 is 0 Å². The Morgan fingerprint density at radius 2 is 1.68 bits per heavy atom. The Hall–Kier alpha value is -2.88. The summed E-state index contributed by atoms with van der Waals surface area (Å²) in [5.74, 6) is 0.269. The fraction of sp³-hybridized carbons (Fsp3) is 0.500. The Balaban J connectivity index is 0.00000151. The molecule has 1 amide bonds. The summed E-state index contributed by atoms with van der Waals surface area (Å²) < 4.78 is 24.3. The second-order valence-corrected chi connectivity index (χ2v) is 9.25. The molecule has 1 aromatic carbocycles. The molecule has 3 N–H and O–H groups in total. The van der Waals surface area contributed by atoms with Crippen molar-refractivity contribution in [2.24, 2.45) is 17.0 Å². The average molecular weight is 452 g/mol. The minimum atomic E-state index is -3.75. The van der Waals surface area contributed by atoms with Crippen molar-refractivity contribution in [1.82, 2.24) is 20.3 Å². The van der Waals surface area contributed by atoms with Crippen molar-refractivity contribution >= 4 is 22.1 Å². The lowest BCUT2D eigenvalue weighted by Crippen LogP contribution is -2.43. The van der Waals surface area contributed by atoms with Crippen molar-refractivity contribution in [2.45, 2.75) is 58.0 Å². The number of hydrogen-bond acceptors (Lipinski definition) is 7. The van der Waals surface area contributed by atoms with Gasteiger partial charge in [-0.05, 0) is 30.4 Å². The summed E-state index contributed by atoms with van der Waals surface area (Å²) >= 11 is 0. The lowest BCUT2D eigenvalue weighted by atomic mass is 9.99. The first-order valence-electron chi connectivity index (χ1n) is 9.80. The number of aromatic nitrogens is 3. The fourth-order valence-electron chi connectivity index (χ4n) is 3.10. The molecule has 11 heteroatoms. The summed E-state index contributed by atoms with van der Waals surface area (Å²) in [6.07, 6.45) is 2.81. The monoisotopic (exact) mass is 451 g/mol. The van der Waals surface area contributed by atoms with E-state index in [0.29, 0.717) is 17.2 Å². The zero-order valence-electron chi connectivity index (χ0n) is 18.3. The van der Waals surface area contributed by atoms with E-state index in [-0.39, 0.29) is 28.9 Å². The third kappa shape index (κ3) is 7.39. The molecular formula is C20H29N5O5S. The molecule has 2 atom stereocenters. The largest absolute Gasteiger partial charge is 0.373 e. The molecule has 31 heavy (non-hydrogen) atoms. The van der Waals surface area contributed by atoms with Gasteiger partial charge in [0.05, 0.1) is 11.1 Å². The molecule has 0 aliphatic rings. The van der Waals surface area contributed by atoms with Crippen molar-refractivity contribution < 1.29 is 22.8 Å². The predicted octanol–water partition coefficient (Wildman–Crippen LogP) is 1.76.